The van der Waals surface area contributed by atoms with Crippen molar-refractivity contribution in [2.24, 2.45) is 0 Å². The van der Waals surface area contributed by atoms with E-state index >= 15 is 0 Å². The third kappa shape index (κ3) is 4.56. The number of halogens is 4. The van der Waals surface area contributed by atoms with Crippen LogP contribution in [0.4, 0.5) is 14.5 Å². The van der Waals surface area contributed by atoms with Gasteiger partial charge < -0.3 is 10.1 Å². The number of hydrogen-bond acceptors (Lipinski definition) is 4. The Balaban J connectivity index is 2.10. The van der Waals surface area contributed by atoms with E-state index in [4.69, 9.17) is 23.2 Å². The van der Waals surface area contributed by atoms with E-state index in [0.29, 0.717) is 0 Å². The van der Waals surface area contributed by atoms with E-state index in [1.165, 1.54) is 12.1 Å². The first-order chi connectivity index (χ1) is 11.3. The van der Waals surface area contributed by atoms with E-state index < -0.39 is 30.3 Å². The Labute approximate surface area is 142 Å². The summed E-state index contributed by atoms with van der Waals surface area (Å²) in [5.74, 6) is -0.868. The molecule has 0 saturated heterocycles. The molecule has 24 heavy (non-hydrogen) atoms. The summed E-state index contributed by atoms with van der Waals surface area (Å²) in [5.41, 5.74) is -1.37. The van der Waals surface area contributed by atoms with Crippen LogP contribution in [0.3, 0.4) is 0 Å². The van der Waals surface area contributed by atoms with Gasteiger partial charge in [-0.2, -0.15) is 8.78 Å². The molecule has 0 saturated carbocycles. The number of amides is 1. The molecule has 1 aromatic carbocycles. The Hall–Kier alpha value is -2.39. The molecular weight excluding hydrogens is 371 g/mol. The topological polar surface area (TPSA) is 93.2 Å². The molecule has 2 N–H and O–H groups in total. The zero-order valence-electron chi connectivity index (χ0n) is 11.7. The lowest BCUT2D eigenvalue weighted by Crippen LogP contribution is -2.33. The third-order valence-corrected chi connectivity index (χ3v) is 3.28. The Morgan fingerprint density at radius 1 is 1.29 bits per heavy atom. The summed E-state index contributed by atoms with van der Waals surface area (Å²) in [6.45, 7) is -3.46. The number of benzene rings is 1. The molecule has 7 nitrogen and oxygen atoms in total. The van der Waals surface area contributed by atoms with E-state index in [1.54, 1.807) is 0 Å². The number of alkyl halides is 2. The quantitative estimate of drug-likeness (QED) is 0.831. The maximum atomic E-state index is 12.1. The molecule has 0 radical (unpaired) electrons. The van der Waals surface area contributed by atoms with Crippen LogP contribution in [0.1, 0.15) is 0 Å². The highest BCUT2D eigenvalue weighted by molar-refractivity contribution is 6.32. The zero-order chi connectivity index (χ0) is 17.9. The van der Waals surface area contributed by atoms with E-state index in [1.807, 2.05) is 4.98 Å². The molecule has 11 heteroatoms. The highest BCUT2D eigenvalue weighted by atomic mass is 35.5. The average Bonchev–Trinajstić information content (AvgIpc) is 2.47. The fourth-order valence-corrected chi connectivity index (χ4v) is 2.12. The van der Waals surface area contributed by atoms with Gasteiger partial charge in [0.2, 0.25) is 5.91 Å². The maximum absolute atomic E-state index is 12.1. The van der Waals surface area contributed by atoms with E-state index in [0.717, 1.165) is 16.8 Å². The van der Waals surface area contributed by atoms with Crippen LogP contribution in [0, 0.1) is 0 Å². The second-order valence-electron chi connectivity index (χ2n) is 4.44. The summed E-state index contributed by atoms with van der Waals surface area (Å²) in [4.78, 5) is 36.5. The number of hydrogen-bond donors (Lipinski definition) is 2. The standard InChI is InChI=1S/C13H9Cl2F2N3O4/c14-7-3-6(1-2-9(7)24-12(16)17)18-10(21)5-20-4-8(15)11(22)19-13(20)23/h1-4,12H,5H2,(H,18,21)(H,19,22,23). The molecule has 1 heterocycles. The number of rotatable bonds is 5. The lowest BCUT2D eigenvalue weighted by Gasteiger charge is -2.10. The van der Waals surface area contributed by atoms with Crippen LogP contribution in [0.15, 0.2) is 34.0 Å². The predicted octanol–water partition coefficient (Wildman–Crippen LogP) is 2.08. The SMILES string of the molecule is O=C(Cn1cc(Cl)c(=O)[nH]c1=O)Nc1ccc(OC(F)F)c(Cl)c1. The highest BCUT2D eigenvalue weighted by Gasteiger charge is 2.11. The van der Waals surface area contributed by atoms with Gasteiger partial charge in [0.1, 0.15) is 17.3 Å². The Morgan fingerprint density at radius 3 is 2.62 bits per heavy atom. The number of ether oxygens (including phenoxy) is 1. The number of aromatic nitrogens is 2. The minimum atomic E-state index is -3.03. The van der Waals surface area contributed by atoms with Crippen LogP contribution < -0.4 is 21.3 Å². The van der Waals surface area contributed by atoms with Crippen molar-refractivity contribution in [3.05, 3.63) is 55.3 Å². The number of carbonyl (C=O) groups excluding carboxylic acids is 1. The number of nitrogens with one attached hydrogen (secondary N) is 2. The first-order valence-electron chi connectivity index (χ1n) is 6.29. The average molecular weight is 380 g/mol. The van der Waals surface area contributed by atoms with Gasteiger partial charge in [0.15, 0.2) is 0 Å². The molecule has 1 aromatic heterocycles. The molecule has 0 fully saturated rings. The number of anilines is 1. The Bertz CT molecular complexity index is 882. The first kappa shape index (κ1) is 18.0. The Morgan fingerprint density at radius 2 is 2.00 bits per heavy atom. The molecular formula is C13H9Cl2F2N3O4. The zero-order valence-corrected chi connectivity index (χ0v) is 13.2. The van der Waals surface area contributed by atoms with Crippen molar-refractivity contribution in [3.8, 4) is 5.75 Å². The second-order valence-corrected chi connectivity index (χ2v) is 5.25. The van der Waals surface area contributed by atoms with Crippen LogP contribution in [-0.4, -0.2) is 22.1 Å². The fraction of sp³-hybridized carbons (Fsp3) is 0.154. The lowest BCUT2D eigenvalue weighted by molar-refractivity contribution is -0.116. The maximum Gasteiger partial charge on any atom is 0.387 e. The van der Waals surface area contributed by atoms with Crippen molar-refractivity contribution in [3.63, 3.8) is 0 Å². The van der Waals surface area contributed by atoms with Crippen LogP contribution >= 0.6 is 23.2 Å². The van der Waals surface area contributed by atoms with Gasteiger partial charge in [0.05, 0.1) is 5.02 Å². The monoisotopic (exact) mass is 379 g/mol. The summed E-state index contributed by atoms with van der Waals surface area (Å²) in [7, 11) is 0. The lowest BCUT2D eigenvalue weighted by atomic mass is 10.3. The molecule has 0 bridgehead atoms. The van der Waals surface area contributed by atoms with E-state index in [2.05, 4.69) is 10.1 Å². The van der Waals surface area contributed by atoms with Gasteiger partial charge in [0.25, 0.3) is 5.56 Å². The van der Waals surface area contributed by atoms with Gasteiger partial charge in [-0.3, -0.25) is 19.1 Å². The molecule has 0 aliphatic heterocycles. The van der Waals surface area contributed by atoms with Crippen molar-refractivity contribution in [1.29, 1.82) is 0 Å². The first-order valence-corrected chi connectivity index (χ1v) is 7.05. The second kappa shape index (κ2) is 7.45. The minimum Gasteiger partial charge on any atom is -0.433 e. The van der Waals surface area contributed by atoms with E-state index in [-0.39, 0.29) is 21.5 Å². The summed E-state index contributed by atoms with van der Waals surface area (Å²) in [5, 5.41) is 2.03. The Kier molecular flexibility index (Phi) is 5.58. The normalized spacial score (nSPS) is 10.7. The summed E-state index contributed by atoms with van der Waals surface area (Å²) in [6.07, 6.45) is 1.02. The van der Waals surface area contributed by atoms with Gasteiger partial charge in [-0.05, 0) is 18.2 Å². The van der Waals surface area contributed by atoms with E-state index in [9.17, 15) is 23.2 Å². The molecule has 0 atom stereocenters. The molecule has 2 aromatic rings. The van der Waals surface area contributed by atoms with Crippen LogP contribution in [-0.2, 0) is 11.3 Å². The molecule has 1 amide bonds. The number of aromatic amines is 1. The minimum absolute atomic E-state index is 0.127. The van der Waals surface area contributed by atoms with Crippen LogP contribution in [0.5, 0.6) is 5.75 Å². The van der Waals surface area contributed by atoms with Crippen LogP contribution in [0.25, 0.3) is 0 Å². The molecule has 0 aliphatic carbocycles. The predicted molar refractivity (Wildman–Crippen MR) is 83.0 cm³/mol. The molecule has 0 spiro atoms. The van der Waals surface area contributed by atoms with Gasteiger partial charge in [-0.25, -0.2) is 4.79 Å². The van der Waals surface area contributed by atoms with Gasteiger partial charge in [-0.1, -0.05) is 23.2 Å². The largest absolute Gasteiger partial charge is 0.433 e. The summed E-state index contributed by atoms with van der Waals surface area (Å²) >= 11 is 11.3. The van der Waals surface area contributed by atoms with Gasteiger partial charge in [0, 0.05) is 11.9 Å². The molecule has 0 unspecified atom stereocenters. The molecule has 128 valence electrons. The van der Waals surface area contributed by atoms with Gasteiger partial charge >= 0.3 is 12.3 Å². The van der Waals surface area contributed by atoms with Crippen molar-refractivity contribution in [2.45, 2.75) is 13.2 Å². The van der Waals surface area contributed by atoms with Crippen molar-refractivity contribution in [1.82, 2.24) is 9.55 Å². The van der Waals surface area contributed by atoms with Crippen molar-refractivity contribution >= 4 is 34.8 Å². The van der Waals surface area contributed by atoms with Crippen molar-refractivity contribution in [2.75, 3.05) is 5.32 Å². The van der Waals surface area contributed by atoms with Crippen LogP contribution in [0.2, 0.25) is 10.0 Å². The van der Waals surface area contributed by atoms with Gasteiger partial charge in [-0.15, -0.1) is 0 Å². The van der Waals surface area contributed by atoms with Crippen molar-refractivity contribution < 1.29 is 18.3 Å². The number of nitrogens with zero attached hydrogens (tertiary/aromatic N) is 1. The third-order valence-electron chi connectivity index (χ3n) is 2.71. The molecule has 0 aliphatic rings. The molecule has 2 rings (SSSR count). The number of carbonyl (C=O) groups is 1. The number of H-pyrrole nitrogens is 1. The summed E-state index contributed by atoms with van der Waals surface area (Å²) in [6, 6.07) is 3.66. The highest BCUT2D eigenvalue weighted by Crippen LogP contribution is 2.28. The summed E-state index contributed by atoms with van der Waals surface area (Å²) < 4.78 is 29.3. The smallest absolute Gasteiger partial charge is 0.387 e. The fourth-order valence-electron chi connectivity index (χ4n) is 1.73.